The van der Waals surface area contributed by atoms with Crippen LogP contribution in [0, 0.1) is 41.5 Å². The smallest absolute Gasteiger partial charge is 0.124 e. The second-order valence-corrected chi connectivity index (χ2v) is 20.8. The molecule has 0 saturated heterocycles. The van der Waals surface area contributed by atoms with Crippen molar-refractivity contribution in [2.45, 2.75) is 127 Å². The molecule has 3 aromatic rings. The summed E-state index contributed by atoms with van der Waals surface area (Å²) in [5.41, 5.74) is 18.1. The van der Waals surface area contributed by atoms with Gasteiger partial charge in [0.2, 0.25) is 0 Å². The molecule has 0 bridgehead atoms. The van der Waals surface area contributed by atoms with Crippen LogP contribution in [0.4, 0.5) is 11.4 Å². The van der Waals surface area contributed by atoms with Gasteiger partial charge in [0.05, 0.1) is 21.4 Å². The Morgan fingerprint density at radius 1 is 0.694 bits per heavy atom. The number of benzene rings is 3. The van der Waals surface area contributed by atoms with Gasteiger partial charge >= 0.3 is 0 Å². The average Bonchev–Trinajstić information content (AvgIpc) is 3.88. The minimum atomic E-state index is -2.13. The molecule has 258 valence electrons. The SMILES string of the molecule is Cc1cc(C)c(N2C=CN(c3c(C)cc(C)cc3C)C2=C2C(Cl)CCC2(Cl)P(=C=Cc2ccccc2)(C2CCCC2)C2CCCC2)c(C)c1. The quantitative estimate of drug-likeness (QED) is 0.186. The maximum atomic E-state index is 8.72. The van der Waals surface area contributed by atoms with Crippen molar-refractivity contribution in [3.63, 3.8) is 0 Å². The van der Waals surface area contributed by atoms with E-state index in [-0.39, 0.29) is 5.38 Å². The summed E-state index contributed by atoms with van der Waals surface area (Å²) in [7, 11) is 0. The van der Waals surface area contributed by atoms with E-state index in [0.29, 0.717) is 11.3 Å². The van der Waals surface area contributed by atoms with Crippen LogP contribution >= 0.6 is 30.1 Å². The summed E-state index contributed by atoms with van der Waals surface area (Å²) in [5.74, 6) is 1.15. The minimum absolute atomic E-state index is 0.157. The lowest BCUT2D eigenvalue weighted by molar-refractivity contribution is 0.766. The number of rotatable bonds is 6. The topological polar surface area (TPSA) is 6.48 Å². The Morgan fingerprint density at radius 3 is 1.59 bits per heavy atom. The molecule has 7 rings (SSSR count). The van der Waals surface area contributed by atoms with Crippen molar-refractivity contribution in [3.8, 4) is 0 Å². The Balaban J connectivity index is 1.57. The van der Waals surface area contributed by atoms with Crippen LogP contribution in [0.3, 0.4) is 0 Å². The minimum Gasteiger partial charge on any atom is -0.301 e. The molecule has 0 spiro atoms. The normalized spacial score (nSPS) is 23.3. The monoisotopic (exact) mass is 710 g/mol. The van der Waals surface area contributed by atoms with E-state index in [9.17, 15) is 0 Å². The third-order valence-electron chi connectivity index (χ3n) is 11.9. The van der Waals surface area contributed by atoms with Crippen molar-refractivity contribution < 1.29 is 0 Å². The average molecular weight is 712 g/mol. The molecule has 0 aromatic heterocycles. The number of hydrogen-bond donors (Lipinski definition) is 0. The van der Waals surface area contributed by atoms with Crippen LogP contribution in [0.5, 0.6) is 0 Å². The summed E-state index contributed by atoms with van der Waals surface area (Å²) < 4.78 is -0.578. The zero-order valence-corrected chi connectivity index (χ0v) is 32.7. The molecule has 0 radical (unpaired) electrons. The second-order valence-electron chi connectivity index (χ2n) is 15.4. The maximum absolute atomic E-state index is 8.72. The van der Waals surface area contributed by atoms with Crippen molar-refractivity contribution in [3.05, 3.63) is 117 Å². The first-order chi connectivity index (χ1) is 23.5. The Labute approximate surface area is 305 Å². The van der Waals surface area contributed by atoms with E-state index < -0.39 is 11.5 Å². The van der Waals surface area contributed by atoms with Gasteiger partial charge in [-0.25, -0.2) is 0 Å². The van der Waals surface area contributed by atoms with E-state index in [2.05, 4.69) is 130 Å². The first-order valence-electron chi connectivity index (χ1n) is 18.6. The maximum Gasteiger partial charge on any atom is 0.124 e. The number of halogens is 2. The van der Waals surface area contributed by atoms with Crippen LogP contribution in [-0.4, -0.2) is 26.8 Å². The van der Waals surface area contributed by atoms with Gasteiger partial charge < -0.3 is 9.80 Å². The van der Waals surface area contributed by atoms with Gasteiger partial charge in [0, 0.05) is 18.0 Å². The van der Waals surface area contributed by atoms with Crippen LogP contribution in [0.25, 0.3) is 6.08 Å². The van der Waals surface area contributed by atoms with Crippen LogP contribution in [0.2, 0.25) is 0 Å². The summed E-state index contributed by atoms with van der Waals surface area (Å²) in [4.78, 5) is 4.91. The molecule has 5 heteroatoms. The molecule has 1 aliphatic heterocycles. The summed E-state index contributed by atoms with van der Waals surface area (Å²) >= 11 is 16.5. The van der Waals surface area contributed by atoms with E-state index >= 15 is 0 Å². The highest BCUT2D eigenvalue weighted by Gasteiger charge is 2.59. The van der Waals surface area contributed by atoms with Crippen LogP contribution in [0.1, 0.15) is 103 Å². The molecule has 4 aliphatic rings. The Morgan fingerprint density at radius 2 is 1.14 bits per heavy atom. The second kappa shape index (κ2) is 13.8. The van der Waals surface area contributed by atoms with Gasteiger partial charge in [-0.1, -0.05) is 91.4 Å². The van der Waals surface area contributed by atoms with E-state index in [1.165, 1.54) is 107 Å². The molecule has 49 heavy (non-hydrogen) atoms. The van der Waals surface area contributed by atoms with Gasteiger partial charge in [-0.2, -0.15) is 0 Å². The Bertz CT molecular complexity index is 1750. The van der Waals surface area contributed by atoms with E-state index in [1.54, 1.807) is 0 Å². The molecular weight excluding hydrogens is 658 g/mol. The first kappa shape index (κ1) is 34.8. The molecule has 0 N–H and O–H groups in total. The number of hydrogen-bond acceptors (Lipinski definition) is 2. The molecular formula is C44H53Cl2N2P. The third kappa shape index (κ3) is 6.00. The number of alkyl halides is 2. The first-order valence-corrected chi connectivity index (χ1v) is 21.3. The van der Waals surface area contributed by atoms with E-state index in [0.717, 1.165) is 18.7 Å². The lowest BCUT2D eigenvalue weighted by Gasteiger charge is -2.48. The Kier molecular flexibility index (Phi) is 9.84. The summed E-state index contributed by atoms with van der Waals surface area (Å²) in [6.07, 6.45) is 18.8. The van der Waals surface area contributed by atoms with Gasteiger partial charge in [0.1, 0.15) is 5.82 Å². The van der Waals surface area contributed by atoms with Crippen molar-refractivity contribution in [2.24, 2.45) is 0 Å². The molecule has 3 aliphatic carbocycles. The predicted octanol–water partition coefficient (Wildman–Crippen LogP) is 12.9. The fourth-order valence-corrected chi connectivity index (χ4v) is 18.3. The van der Waals surface area contributed by atoms with Crippen molar-refractivity contribution >= 4 is 53.0 Å². The largest absolute Gasteiger partial charge is 0.301 e. The van der Waals surface area contributed by atoms with Crippen LogP contribution in [0.15, 0.2) is 78.4 Å². The molecule has 2 unspecified atom stereocenters. The zero-order chi connectivity index (χ0) is 34.5. The lowest BCUT2D eigenvalue weighted by Crippen LogP contribution is -2.38. The number of aryl methyl sites for hydroxylation is 6. The van der Waals surface area contributed by atoms with Crippen LogP contribution in [-0.2, 0) is 0 Å². The zero-order valence-electron chi connectivity index (χ0n) is 30.3. The van der Waals surface area contributed by atoms with Gasteiger partial charge in [-0.3, -0.25) is 0 Å². The number of nitrogens with zero attached hydrogens (tertiary/aromatic N) is 2. The highest BCUT2D eigenvalue weighted by atomic mass is 35.5. The third-order valence-corrected chi connectivity index (χ3v) is 19.1. The predicted molar refractivity (Wildman–Crippen MR) is 217 cm³/mol. The van der Waals surface area contributed by atoms with E-state index in [1.807, 2.05) is 0 Å². The highest BCUT2D eigenvalue weighted by molar-refractivity contribution is 7.79. The van der Waals surface area contributed by atoms with Crippen LogP contribution < -0.4 is 9.80 Å². The van der Waals surface area contributed by atoms with Gasteiger partial charge in [0.25, 0.3) is 0 Å². The lowest BCUT2D eigenvalue weighted by atomic mass is 10.0. The molecule has 2 atom stereocenters. The Hall–Kier alpha value is -2.60. The standard InChI is InChI=1S/C44H53Cl2N2P/c1-30-26-32(3)41(33(4)27-30)47-23-24-48(42-34(5)28-31(2)29-35(42)6)43(47)40-39(45)20-22-44(40,46)49(37-16-10-11-17-37,38-18-12-13-19-38)25-21-36-14-8-7-9-15-36/h7-9,14-15,21,23-24,26-29,37-39H,10-13,16-20,22H2,1-6H3. The summed E-state index contributed by atoms with van der Waals surface area (Å²) in [6.45, 7) is 11.3. The molecule has 1 heterocycles. The number of anilines is 2. The number of allylic oxidation sites excluding steroid dienone is 1. The van der Waals surface area contributed by atoms with Crippen molar-refractivity contribution in [1.82, 2.24) is 0 Å². The summed E-state index contributed by atoms with van der Waals surface area (Å²) in [6, 6.07) is 20.1. The van der Waals surface area contributed by atoms with Gasteiger partial charge in [0.15, 0.2) is 0 Å². The van der Waals surface area contributed by atoms with Gasteiger partial charge in [-0.05, 0) is 132 Å². The fraction of sp³-hybridized carbons (Fsp3) is 0.455. The van der Waals surface area contributed by atoms with Crippen molar-refractivity contribution in [1.29, 1.82) is 0 Å². The van der Waals surface area contributed by atoms with Gasteiger partial charge in [-0.15, -0.1) is 28.7 Å². The van der Waals surface area contributed by atoms with Crippen molar-refractivity contribution in [2.75, 3.05) is 9.80 Å². The summed E-state index contributed by atoms with van der Waals surface area (Å²) in [5, 5.41) is -0.157. The molecule has 3 aromatic carbocycles. The molecule has 3 saturated carbocycles. The fourth-order valence-electron chi connectivity index (χ4n) is 10.2. The molecule has 0 amide bonds. The highest BCUT2D eigenvalue weighted by Crippen LogP contribution is 2.78. The molecule has 3 fully saturated rings. The van der Waals surface area contributed by atoms with E-state index in [4.69, 9.17) is 23.2 Å². The molecule has 2 nitrogen and oxygen atoms in total.